The minimum absolute atomic E-state index is 0.234. The van der Waals surface area contributed by atoms with E-state index in [9.17, 15) is 0 Å². The monoisotopic (exact) mass is 248 g/mol. The SMILES string of the molecule is CCCNC(C)c1ncc(C2CC3CCC2C3)o1. The molecule has 3 nitrogen and oxygen atoms in total. The van der Waals surface area contributed by atoms with Gasteiger partial charge in [0.15, 0.2) is 0 Å². The predicted octanol–water partition coefficient (Wildman–Crippen LogP) is 3.64. The van der Waals surface area contributed by atoms with Crippen LogP contribution in [0, 0.1) is 11.8 Å². The van der Waals surface area contributed by atoms with E-state index in [1.807, 2.05) is 6.20 Å². The van der Waals surface area contributed by atoms with Gasteiger partial charge < -0.3 is 9.73 Å². The van der Waals surface area contributed by atoms with Crippen LogP contribution in [0.3, 0.4) is 0 Å². The minimum Gasteiger partial charge on any atom is -0.444 e. The first-order chi connectivity index (χ1) is 8.78. The van der Waals surface area contributed by atoms with Crippen LogP contribution in [0.1, 0.15) is 69.6 Å². The van der Waals surface area contributed by atoms with E-state index in [4.69, 9.17) is 4.42 Å². The zero-order valence-corrected chi connectivity index (χ0v) is 11.5. The molecular weight excluding hydrogens is 224 g/mol. The van der Waals surface area contributed by atoms with Crippen molar-refractivity contribution in [3.63, 3.8) is 0 Å². The molecule has 0 amide bonds. The van der Waals surface area contributed by atoms with Gasteiger partial charge in [-0.3, -0.25) is 0 Å². The van der Waals surface area contributed by atoms with Gasteiger partial charge in [-0.15, -0.1) is 0 Å². The first-order valence-electron chi connectivity index (χ1n) is 7.47. The summed E-state index contributed by atoms with van der Waals surface area (Å²) in [5.74, 6) is 4.49. The molecule has 100 valence electrons. The summed E-state index contributed by atoms with van der Waals surface area (Å²) in [6.07, 6.45) is 8.71. The summed E-state index contributed by atoms with van der Waals surface area (Å²) in [7, 11) is 0. The Morgan fingerprint density at radius 1 is 1.44 bits per heavy atom. The van der Waals surface area contributed by atoms with Crippen LogP contribution in [0.4, 0.5) is 0 Å². The van der Waals surface area contributed by atoms with Crippen molar-refractivity contribution >= 4 is 0 Å². The summed E-state index contributed by atoms with van der Waals surface area (Å²) in [6, 6.07) is 0.234. The van der Waals surface area contributed by atoms with Crippen LogP contribution >= 0.6 is 0 Å². The molecule has 2 saturated carbocycles. The summed E-state index contributed by atoms with van der Waals surface area (Å²) >= 11 is 0. The molecule has 1 heterocycles. The van der Waals surface area contributed by atoms with Crippen molar-refractivity contribution in [3.05, 3.63) is 17.8 Å². The van der Waals surface area contributed by atoms with E-state index >= 15 is 0 Å². The van der Waals surface area contributed by atoms with Crippen molar-refractivity contribution < 1.29 is 4.42 Å². The third-order valence-corrected chi connectivity index (χ3v) is 4.72. The van der Waals surface area contributed by atoms with Crippen LogP contribution in [-0.2, 0) is 0 Å². The summed E-state index contributed by atoms with van der Waals surface area (Å²) in [5.41, 5.74) is 0. The Morgan fingerprint density at radius 2 is 2.33 bits per heavy atom. The summed E-state index contributed by atoms with van der Waals surface area (Å²) in [5, 5.41) is 3.43. The topological polar surface area (TPSA) is 38.1 Å². The molecule has 0 aliphatic heterocycles. The lowest BCUT2D eigenvalue weighted by Gasteiger charge is -2.18. The van der Waals surface area contributed by atoms with Crippen molar-refractivity contribution in [3.8, 4) is 0 Å². The summed E-state index contributed by atoms with van der Waals surface area (Å²) in [6.45, 7) is 5.33. The third-order valence-electron chi connectivity index (χ3n) is 4.72. The first-order valence-corrected chi connectivity index (χ1v) is 7.47. The normalized spacial score (nSPS) is 32.0. The molecule has 1 N–H and O–H groups in total. The molecule has 2 aliphatic rings. The summed E-state index contributed by atoms with van der Waals surface area (Å²) in [4.78, 5) is 4.47. The molecule has 2 aliphatic carbocycles. The Labute approximate surface area is 109 Å². The number of oxazole rings is 1. The highest BCUT2D eigenvalue weighted by molar-refractivity contribution is 5.10. The lowest BCUT2D eigenvalue weighted by Crippen LogP contribution is -2.19. The maximum atomic E-state index is 6.01. The lowest BCUT2D eigenvalue weighted by molar-refractivity contribution is 0.328. The molecule has 2 bridgehead atoms. The Kier molecular flexibility index (Phi) is 3.42. The van der Waals surface area contributed by atoms with Gasteiger partial charge in [0.05, 0.1) is 12.2 Å². The highest BCUT2D eigenvalue weighted by atomic mass is 16.4. The van der Waals surface area contributed by atoms with E-state index in [1.165, 1.54) is 25.7 Å². The largest absolute Gasteiger partial charge is 0.444 e. The van der Waals surface area contributed by atoms with Gasteiger partial charge in [-0.1, -0.05) is 13.3 Å². The fourth-order valence-electron chi connectivity index (χ4n) is 3.71. The van der Waals surface area contributed by atoms with Crippen LogP contribution in [0.25, 0.3) is 0 Å². The Bertz CT molecular complexity index is 401. The van der Waals surface area contributed by atoms with Crippen molar-refractivity contribution in [2.75, 3.05) is 6.54 Å². The predicted molar refractivity (Wildman–Crippen MR) is 71.4 cm³/mol. The molecule has 0 radical (unpaired) electrons. The second kappa shape index (κ2) is 5.04. The summed E-state index contributed by atoms with van der Waals surface area (Å²) < 4.78 is 6.01. The van der Waals surface area contributed by atoms with E-state index < -0.39 is 0 Å². The van der Waals surface area contributed by atoms with Gasteiger partial charge in [-0.2, -0.15) is 0 Å². The second-order valence-electron chi connectivity index (χ2n) is 6.06. The highest BCUT2D eigenvalue weighted by Crippen LogP contribution is 2.52. The Balaban J connectivity index is 1.66. The molecule has 0 spiro atoms. The van der Waals surface area contributed by atoms with Crippen molar-refractivity contribution in [2.24, 2.45) is 11.8 Å². The van der Waals surface area contributed by atoms with Gasteiger partial charge >= 0.3 is 0 Å². The van der Waals surface area contributed by atoms with E-state index in [-0.39, 0.29) is 6.04 Å². The van der Waals surface area contributed by atoms with Crippen LogP contribution in [0.5, 0.6) is 0 Å². The molecule has 18 heavy (non-hydrogen) atoms. The molecule has 3 heteroatoms. The number of aromatic nitrogens is 1. The van der Waals surface area contributed by atoms with Gasteiger partial charge in [0.2, 0.25) is 5.89 Å². The standard InChI is InChI=1S/C15H24N2O/c1-3-6-16-10(2)15-17-9-14(18-15)13-8-11-4-5-12(13)7-11/h9-13,16H,3-8H2,1-2H3. The van der Waals surface area contributed by atoms with Gasteiger partial charge in [-0.25, -0.2) is 4.98 Å². The first kappa shape index (κ1) is 12.2. The third kappa shape index (κ3) is 2.20. The van der Waals surface area contributed by atoms with Crippen LogP contribution in [0.15, 0.2) is 10.6 Å². The number of rotatable bonds is 5. The molecule has 0 aromatic carbocycles. The van der Waals surface area contributed by atoms with E-state index in [0.717, 1.165) is 36.5 Å². The number of nitrogens with one attached hydrogen (secondary N) is 1. The molecular formula is C15H24N2O. The van der Waals surface area contributed by atoms with Gasteiger partial charge in [-0.05, 0) is 51.0 Å². The quantitative estimate of drug-likeness (QED) is 0.864. The fraction of sp³-hybridized carbons (Fsp3) is 0.800. The number of hydrogen-bond donors (Lipinski definition) is 1. The van der Waals surface area contributed by atoms with Crippen molar-refractivity contribution in [1.29, 1.82) is 0 Å². The molecule has 3 rings (SSSR count). The maximum Gasteiger partial charge on any atom is 0.211 e. The molecule has 2 fully saturated rings. The Morgan fingerprint density at radius 3 is 3.00 bits per heavy atom. The van der Waals surface area contributed by atoms with E-state index in [2.05, 4.69) is 24.1 Å². The van der Waals surface area contributed by atoms with Crippen molar-refractivity contribution in [1.82, 2.24) is 10.3 Å². The smallest absolute Gasteiger partial charge is 0.211 e. The average molecular weight is 248 g/mol. The molecule has 0 saturated heterocycles. The van der Waals surface area contributed by atoms with Crippen molar-refractivity contribution in [2.45, 2.75) is 57.9 Å². The zero-order valence-electron chi connectivity index (χ0n) is 11.5. The van der Waals surface area contributed by atoms with Gasteiger partial charge in [0.25, 0.3) is 0 Å². The van der Waals surface area contributed by atoms with Crippen LogP contribution < -0.4 is 5.32 Å². The van der Waals surface area contributed by atoms with Crippen LogP contribution in [-0.4, -0.2) is 11.5 Å². The molecule has 1 aromatic rings. The number of nitrogens with zero attached hydrogens (tertiary/aromatic N) is 1. The number of fused-ring (bicyclic) bond motifs is 2. The van der Waals surface area contributed by atoms with E-state index in [1.54, 1.807) is 0 Å². The second-order valence-corrected chi connectivity index (χ2v) is 6.06. The maximum absolute atomic E-state index is 6.01. The van der Waals surface area contributed by atoms with E-state index in [0.29, 0.717) is 5.92 Å². The molecule has 1 aromatic heterocycles. The lowest BCUT2D eigenvalue weighted by atomic mass is 9.87. The number of hydrogen-bond acceptors (Lipinski definition) is 3. The molecule has 4 unspecified atom stereocenters. The van der Waals surface area contributed by atoms with Gasteiger partial charge in [0, 0.05) is 5.92 Å². The zero-order chi connectivity index (χ0) is 12.5. The average Bonchev–Trinajstić information content (AvgIpc) is 3.09. The van der Waals surface area contributed by atoms with Gasteiger partial charge in [0.1, 0.15) is 5.76 Å². The Hall–Kier alpha value is -0.830. The van der Waals surface area contributed by atoms with Crippen LogP contribution in [0.2, 0.25) is 0 Å². The highest BCUT2D eigenvalue weighted by Gasteiger charge is 2.41. The molecule has 4 atom stereocenters. The fourth-order valence-corrected chi connectivity index (χ4v) is 3.71. The minimum atomic E-state index is 0.234.